The fraction of sp³-hybridized carbons (Fsp3) is 0.176. The number of hydrogen-bond donors (Lipinski definition) is 0. The first-order chi connectivity index (χ1) is 10.6. The van der Waals surface area contributed by atoms with Gasteiger partial charge in [0.05, 0.1) is 11.4 Å². The summed E-state index contributed by atoms with van der Waals surface area (Å²) in [6, 6.07) is 11.1. The number of hydrogen-bond acceptors (Lipinski definition) is 2. The van der Waals surface area contributed by atoms with Crippen molar-refractivity contribution in [1.29, 1.82) is 0 Å². The van der Waals surface area contributed by atoms with E-state index in [1.165, 1.54) is 5.56 Å². The number of carbonyl (C=O) groups is 1. The average molecular weight is 331 g/mol. The van der Waals surface area contributed by atoms with Crippen LogP contribution >= 0.6 is 23.2 Å². The van der Waals surface area contributed by atoms with E-state index in [9.17, 15) is 4.79 Å². The number of aliphatic imine (C=N–C) groups is 1. The summed E-state index contributed by atoms with van der Waals surface area (Å²) in [4.78, 5) is 19.0. The molecule has 0 bridgehead atoms. The van der Waals surface area contributed by atoms with Gasteiger partial charge in [-0.15, -0.1) is 0 Å². The minimum absolute atomic E-state index is 0.0433. The molecule has 2 heterocycles. The van der Waals surface area contributed by atoms with Crippen LogP contribution in [0.25, 0.3) is 0 Å². The van der Waals surface area contributed by atoms with Crippen LogP contribution in [0.15, 0.2) is 41.4 Å². The van der Waals surface area contributed by atoms with Crippen LogP contribution in [0.2, 0.25) is 10.0 Å². The van der Waals surface area contributed by atoms with E-state index in [-0.39, 0.29) is 5.91 Å². The number of rotatable bonds is 1. The number of nitrogens with zero attached hydrogens (tertiary/aromatic N) is 2. The van der Waals surface area contributed by atoms with Crippen molar-refractivity contribution in [2.24, 2.45) is 4.99 Å². The minimum atomic E-state index is -0.0433. The number of carbonyl (C=O) groups excluding carboxylic acids is 1. The Labute approximate surface area is 138 Å². The zero-order valence-electron chi connectivity index (χ0n) is 11.6. The second-order valence-corrected chi connectivity index (χ2v) is 6.33. The lowest BCUT2D eigenvalue weighted by molar-refractivity contribution is -0.112. The SMILES string of the molecule is O=C1C(=Nc2cc(Cl)cc(Cl)c2)c2cccc3c2N1CCC3. The zero-order chi connectivity index (χ0) is 15.3. The van der Waals surface area contributed by atoms with E-state index in [0.717, 1.165) is 30.6 Å². The van der Waals surface area contributed by atoms with Crippen LogP contribution in [0, 0.1) is 0 Å². The lowest BCUT2D eigenvalue weighted by Crippen LogP contribution is -2.33. The zero-order valence-corrected chi connectivity index (χ0v) is 13.2. The van der Waals surface area contributed by atoms with Crippen molar-refractivity contribution >= 4 is 46.2 Å². The van der Waals surface area contributed by atoms with Crippen LogP contribution in [-0.4, -0.2) is 18.2 Å². The summed E-state index contributed by atoms with van der Waals surface area (Å²) < 4.78 is 0. The van der Waals surface area contributed by atoms with Crippen LogP contribution in [0.5, 0.6) is 0 Å². The van der Waals surface area contributed by atoms with Crippen molar-refractivity contribution in [3.8, 4) is 0 Å². The van der Waals surface area contributed by atoms with Crippen LogP contribution in [0.4, 0.5) is 11.4 Å². The molecule has 0 spiro atoms. The first-order valence-corrected chi connectivity index (χ1v) is 7.88. The molecule has 2 aromatic rings. The lowest BCUT2D eigenvalue weighted by Gasteiger charge is -2.24. The molecule has 0 saturated heterocycles. The summed E-state index contributed by atoms with van der Waals surface area (Å²) in [6.07, 6.45) is 1.99. The highest BCUT2D eigenvalue weighted by molar-refractivity contribution is 6.55. The average Bonchev–Trinajstić information content (AvgIpc) is 2.75. The Balaban J connectivity index is 1.89. The van der Waals surface area contributed by atoms with Gasteiger partial charge in [-0.3, -0.25) is 4.79 Å². The molecular weight excluding hydrogens is 319 g/mol. The molecule has 0 N–H and O–H groups in total. The highest BCUT2D eigenvalue weighted by Gasteiger charge is 2.37. The molecule has 4 rings (SSSR count). The topological polar surface area (TPSA) is 32.7 Å². The second-order valence-electron chi connectivity index (χ2n) is 5.46. The predicted octanol–water partition coefficient (Wildman–Crippen LogP) is 4.41. The Morgan fingerprint density at radius 1 is 1.09 bits per heavy atom. The summed E-state index contributed by atoms with van der Waals surface area (Å²) in [6.45, 7) is 0.748. The Kier molecular flexibility index (Phi) is 3.21. The van der Waals surface area contributed by atoms with Crippen LogP contribution < -0.4 is 4.90 Å². The largest absolute Gasteiger partial charge is 0.306 e. The summed E-state index contributed by atoms with van der Waals surface area (Å²) in [5.74, 6) is -0.0433. The summed E-state index contributed by atoms with van der Waals surface area (Å²) in [5, 5.41) is 1.01. The highest BCUT2D eigenvalue weighted by atomic mass is 35.5. The van der Waals surface area contributed by atoms with E-state index in [0.29, 0.717) is 21.4 Å². The Hall–Kier alpha value is -1.84. The van der Waals surface area contributed by atoms with Crippen LogP contribution in [-0.2, 0) is 11.2 Å². The van der Waals surface area contributed by atoms with Gasteiger partial charge in [0, 0.05) is 22.2 Å². The van der Waals surface area contributed by atoms with Crippen LogP contribution in [0.3, 0.4) is 0 Å². The molecule has 1 amide bonds. The number of anilines is 1. The van der Waals surface area contributed by atoms with Crippen molar-refractivity contribution in [3.05, 3.63) is 57.6 Å². The molecule has 3 nitrogen and oxygen atoms in total. The minimum Gasteiger partial charge on any atom is -0.306 e. The monoisotopic (exact) mass is 330 g/mol. The van der Waals surface area contributed by atoms with Gasteiger partial charge < -0.3 is 4.90 Å². The van der Waals surface area contributed by atoms with E-state index in [1.807, 2.05) is 17.0 Å². The van der Waals surface area contributed by atoms with Gasteiger partial charge in [0.15, 0.2) is 0 Å². The van der Waals surface area contributed by atoms with E-state index in [1.54, 1.807) is 18.2 Å². The van der Waals surface area contributed by atoms with Gasteiger partial charge in [-0.1, -0.05) is 41.4 Å². The van der Waals surface area contributed by atoms with Crippen LogP contribution in [0.1, 0.15) is 17.5 Å². The van der Waals surface area contributed by atoms with Gasteiger partial charge in [0.1, 0.15) is 5.71 Å². The van der Waals surface area contributed by atoms with E-state index in [4.69, 9.17) is 23.2 Å². The fourth-order valence-corrected chi connectivity index (χ4v) is 3.64. The molecule has 2 aromatic carbocycles. The quantitative estimate of drug-likeness (QED) is 0.762. The fourth-order valence-electron chi connectivity index (χ4n) is 3.13. The molecule has 0 atom stereocenters. The Morgan fingerprint density at radius 3 is 2.64 bits per heavy atom. The third-order valence-corrected chi connectivity index (χ3v) is 4.44. The molecule has 0 fully saturated rings. The molecule has 0 radical (unpaired) electrons. The lowest BCUT2D eigenvalue weighted by atomic mass is 10.00. The van der Waals surface area contributed by atoms with E-state index < -0.39 is 0 Å². The molecule has 2 aliphatic heterocycles. The first kappa shape index (κ1) is 13.8. The third-order valence-electron chi connectivity index (χ3n) is 4.01. The summed E-state index contributed by atoms with van der Waals surface area (Å²) in [7, 11) is 0. The van der Waals surface area contributed by atoms with Gasteiger partial charge in [-0.2, -0.15) is 0 Å². The highest BCUT2D eigenvalue weighted by Crippen LogP contribution is 2.38. The number of aryl methyl sites for hydroxylation is 1. The molecule has 0 saturated carbocycles. The second kappa shape index (κ2) is 5.11. The van der Waals surface area contributed by atoms with Crippen molar-refractivity contribution in [1.82, 2.24) is 0 Å². The van der Waals surface area contributed by atoms with Gasteiger partial charge in [0.2, 0.25) is 0 Å². The molecule has 0 aliphatic carbocycles. The van der Waals surface area contributed by atoms with Crippen molar-refractivity contribution in [2.45, 2.75) is 12.8 Å². The molecular formula is C17H12Cl2N2O. The first-order valence-electron chi connectivity index (χ1n) is 7.12. The molecule has 2 aliphatic rings. The Morgan fingerprint density at radius 2 is 1.86 bits per heavy atom. The summed E-state index contributed by atoms with van der Waals surface area (Å²) in [5.41, 5.74) is 4.20. The Bertz CT molecular complexity index is 809. The van der Waals surface area contributed by atoms with E-state index >= 15 is 0 Å². The standard InChI is InChI=1S/C17H12Cl2N2O/c18-11-7-12(19)9-13(8-11)20-15-14-5-1-3-10-4-2-6-21(16(10)14)17(15)22/h1,3,5,7-9H,2,4,6H2. The number of para-hydroxylation sites is 1. The summed E-state index contributed by atoms with van der Waals surface area (Å²) >= 11 is 12.0. The van der Waals surface area contributed by atoms with Crippen molar-refractivity contribution in [2.75, 3.05) is 11.4 Å². The van der Waals surface area contributed by atoms with Gasteiger partial charge in [-0.25, -0.2) is 4.99 Å². The maximum Gasteiger partial charge on any atom is 0.277 e. The molecule has 0 unspecified atom stereocenters. The molecule has 0 aromatic heterocycles. The van der Waals surface area contributed by atoms with Crippen molar-refractivity contribution < 1.29 is 4.79 Å². The maximum absolute atomic E-state index is 12.7. The predicted molar refractivity (Wildman–Crippen MR) is 89.8 cm³/mol. The number of benzene rings is 2. The van der Waals surface area contributed by atoms with Gasteiger partial charge in [0.25, 0.3) is 5.91 Å². The normalized spacial score (nSPS) is 18.0. The van der Waals surface area contributed by atoms with E-state index in [2.05, 4.69) is 11.1 Å². The number of halogens is 2. The van der Waals surface area contributed by atoms with Gasteiger partial charge in [-0.05, 0) is 36.6 Å². The molecule has 5 heteroatoms. The van der Waals surface area contributed by atoms with Gasteiger partial charge >= 0.3 is 0 Å². The molecule has 110 valence electrons. The van der Waals surface area contributed by atoms with Crippen molar-refractivity contribution in [3.63, 3.8) is 0 Å². The smallest absolute Gasteiger partial charge is 0.277 e. The molecule has 22 heavy (non-hydrogen) atoms. The maximum atomic E-state index is 12.7. The third kappa shape index (κ3) is 2.13. The number of amides is 1.